The third-order valence-electron chi connectivity index (χ3n) is 5.54. The van der Waals surface area contributed by atoms with Gasteiger partial charge >= 0.3 is 0 Å². The SMILES string of the molecule is Cc1ccccc1C1CCC(NCCCC(=O)c2ccc(F)cc2)CC1.Cl. The number of rotatable bonds is 7. The number of halogens is 2. The molecule has 146 valence electrons. The van der Waals surface area contributed by atoms with E-state index in [-0.39, 0.29) is 24.0 Å². The molecule has 0 radical (unpaired) electrons. The molecule has 1 aliphatic carbocycles. The molecule has 0 aliphatic heterocycles. The predicted octanol–water partition coefficient (Wildman–Crippen LogP) is 5.83. The Labute approximate surface area is 168 Å². The van der Waals surface area contributed by atoms with Crippen molar-refractivity contribution < 1.29 is 9.18 Å². The summed E-state index contributed by atoms with van der Waals surface area (Å²) in [6, 6.07) is 15.1. The van der Waals surface area contributed by atoms with Crippen LogP contribution in [0.1, 0.15) is 65.9 Å². The van der Waals surface area contributed by atoms with E-state index in [0.29, 0.717) is 23.9 Å². The number of benzene rings is 2. The maximum Gasteiger partial charge on any atom is 0.162 e. The van der Waals surface area contributed by atoms with E-state index >= 15 is 0 Å². The van der Waals surface area contributed by atoms with Crippen molar-refractivity contribution in [3.63, 3.8) is 0 Å². The van der Waals surface area contributed by atoms with Gasteiger partial charge in [0.15, 0.2) is 5.78 Å². The van der Waals surface area contributed by atoms with Crippen molar-refractivity contribution in [2.24, 2.45) is 0 Å². The van der Waals surface area contributed by atoms with Crippen molar-refractivity contribution in [3.05, 3.63) is 71.0 Å². The largest absolute Gasteiger partial charge is 0.314 e. The van der Waals surface area contributed by atoms with E-state index in [2.05, 4.69) is 36.5 Å². The first-order valence-electron chi connectivity index (χ1n) is 9.71. The maximum atomic E-state index is 12.9. The molecular formula is C23H29ClFNO. The van der Waals surface area contributed by atoms with Crippen molar-refractivity contribution in [1.82, 2.24) is 5.32 Å². The van der Waals surface area contributed by atoms with Gasteiger partial charge in [-0.1, -0.05) is 24.3 Å². The Morgan fingerprint density at radius 1 is 1.04 bits per heavy atom. The number of nitrogens with one attached hydrogen (secondary N) is 1. The van der Waals surface area contributed by atoms with Crippen LogP contribution in [-0.2, 0) is 0 Å². The molecule has 27 heavy (non-hydrogen) atoms. The predicted molar refractivity (Wildman–Crippen MR) is 111 cm³/mol. The van der Waals surface area contributed by atoms with Gasteiger partial charge < -0.3 is 5.32 Å². The van der Waals surface area contributed by atoms with Crippen molar-refractivity contribution in [2.75, 3.05) is 6.54 Å². The first kappa shape index (κ1) is 21.6. The van der Waals surface area contributed by atoms with E-state index < -0.39 is 0 Å². The Balaban J connectivity index is 0.00000261. The minimum absolute atomic E-state index is 0. The highest BCUT2D eigenvalue weighted by molar-refractivity contribution is 5.95. The summed E-state index contributed by atoms with van der Waals surface area (Å²) in [5.41, 5.74) is 3.52. The van der Waals surface area contributed by atoms with E-state index in [1.54, 1.807) is 12.1 Å². The van der Waals surface area contributed by atoms with Gasteiger partial charge in [-0.3, -0.25) is 4.79 Å². The van der Waals surface area contributed by atoms with Gasteiger partial charge in [-0.05, 0) is 86.9 Å². The summed E-state index contributed by atoms with van der Waals surface area (Å²) in [5.74, 6) is 0.480. The lowest BCUT2D eigenvalue weighted by Crippen LogP contribution is -2.33. The lowest BCUT2D eigenvalue weighted by Gasteiger charge is -2.30. The normalized spacial score (nSPS) is 19.3. The molecule has 2 aromatic carbocycles. The molecule has 0 amide bonds. The molecular weight excluding hydrogens is 361 g/mol. The molecule has 1 saturated carbocycles. The summed E-state index contributed by atoms with van der Waals surface area (Å²) >= 11 is 0. The van der Waals surface area contributed by atoms with Gasteiger partial charge in [0, 0.05) is 18.0 Å². The van der Waals surface area contributed by atoms with Gasteiger partial charge in [0.2, 0.25) is 0 Å². The Bertz CT molecular complexity index is 723. The fraction of sp³-hybridized carbons (Fsp3) is 0.435. The first-order chi connectivity index (χ1) is 12.6. The summed E-state index contributed by atoms with van der Waals surface area (Å²) < 4.78 is 12.9. The molecule has 0 unspecified atom stereocenters. The molecule has 0 saturated heterocycles. The minimum atomic E-state index is -0.301. The number of Topliss-reactive ketones (excluding diaryl/α,β-unsaturated/α-hetero) is 1. The molecule has 1 aliphatic rings. The molecule has 0 aromatic heterocycles. The zero-order chi connectivity index (χ0) is 18.4. The summed E-state index contributed by atoms with van der Waals surface area (Å²) in [6.45, 7) is 3.07. The smallest absolute Gasteiger partial charge is 0.162 e. The molecule has 0 bridgehead atoms. The Morgan fingerprint density at radius 3 is 2.37 bits per heavy atom. The van der Waals surface area contributed by atoms with Crippen molar-refractivity contribution in [1.29, 1.82) is 0 Å². The van der Waals surface area contributed by atoms with Crippen molar-refractivity contribution in [2.45, 2.75) is 57.4 Å². The van der Waals surface area contributed by atoms with Gasteiger partial charge in [-0.2, -0.15) is 0 Å². The van der Waals surface area contributed by atoms with Crippen LogP contribution in [0.4, 0.5) is 4.39 Å². The zero-order valence-electron chi connectivity index (χ0n) is 15.9. The number of hydrogen-bond donors (Lipinski definition) is 1. The summed E-state index contributed by atoms with van der Waals surface area (Å²) in [6.07, 6.45) is 6.20. The van der Waals surface area contributed by atoms with E-state index in [1.165, 1.54) is 48.9 Å². The number of hydrogen-bond acceptors (Lipinski definition) is 2. The van der Waals surface area contributed by atoms with Crippen LogP contribution in [0.25, 0.3) is 0 Å². The molecule has 3 rings (SSSR count). The van der Waals surface area contributed by atoms with E-state index in [9.17, 15) is 9.18 Å². The molecule has 0 atom stereocenters. The highest BCUT2D eigenvalue weighted by Crippen LogP contribution is 2.34. The average Bonchev–Trinajstić information content (AvgIpc) is 2.67. The highest BCUT2D eigenvalue weighted by atomic mass is 35.5. The lowest BCUT2D eigenvalue weighted by atomic mass is 9.80. The molecule has 2 aromatic rings. The molecule has 1 N–H and O–H groups in total. The number of aryl methyl sites for hydroxylation is 1. The second kappa shape index (κ2) is 10.6. The van der Waals surface area contributed by atoms with Gasteiger partial charge in [0.1, 0.15) is 5.82 Å². The maximum absolute atomic E-state index is 12.9. The number of carbonyl (C=O) groups is 1. The van der Waals surface area contributed by atoms with Gasteiger partial charge in [-0.15, -0.1) is 12.4 Å². The fourth-order valence-electron chi connectivity index (χ4n) is 3.99. The third-order valence-corrected chi connectivity index (χ3v) is 5.54. The van der Waals surface area contributed by atoms with Crippen LogP contribution in [0, 0.1) is 12.7 Å². The Kier molecular flexibility index (Phi) is 8.46. The van der Waals surface area contributed by atoms with Crippen LogP contribution < -0.4 is 5.32 Å². The summed E-state index contributed by atoms with van der Waals surface area (Å²) in [4.78, 5) is 12.1. The Hall–Kier alpha value is -1.71. The van der Waals surface area contributed by atoms with Gasteiger partial charge in [0.25, 0.3) is 0 Å². The van der Waals surface area contributed by atoms with Crippen LogP contribution >= 0.6 is 12.4 Å². The monoisotopic (exact) mass is 389 g/mol. The molecule has 0 heterocycles. The fourth-order valence-corrected chi connectivity index (χ4v) is 3.99. The van der Waals surface area contributed by atoms with Crippen LogP contribution in [0.5, 0.6) is 0 Å². The molecule has 2 nitrogen and oxygen atoms in total. The standard InChI is InChI=1S/C23H28FNO.ClH/c1-17-5-2-3-6-22(17)18-10-14-21(15-11-18)25-16-4-7-23(26)19-8-12-20(24)13-9-19;/h2-3,5-6,8-9,12-13,18,21,25H,4,7,10-11,14-16H2,1H3;1H. The second-order valence-electron chi connectivity index (χ2n) is 7.39. The molecule has 4 heteroatoms. The van der Waals surface area contributed by atoms with E-state index in [1.807, 2.05) is 0 Å². The summed E-state index contributed by atoms with van der Waals surface area (Å²) in [7, 11) is 0. The van der Waals surface area contributed by atoms with Crippen molar-refractivity contribution in [3.8, 4) is 0 Å². The highest BCUT2D eigenvalue weighted by Gasteiger charge is 2.22. The van der Waals surface area contributed by atoms with Crippen LogP contribution in [-0.4, -0.2) is 18.4 Å². The summed E-state index contributed by atoms with van der Waals surface area (Å²) in [5, 5.41) is 3.61. The molecule has 1 fully saturated rings. The zero-order valence-corrected chi connectivity index (χ0v) is 16.7. The van der Waals surface area contributed by atoms with Crippen LogP contribution in [0.2, 0.25) is 0 Å². The average molecular weight is 390 g/mol. The van der Waals surface area contributed by atoms with Gasteiger partial charge in [0.05, 0.1) is 0 Å². The van der Waals surface area contributed by atoms with Crippen LogP contribution in [0.15, 0.2) is 48.5 Å². The Morgan fingerprint density at radius 2 is 1.70 bits per heavy atom. The third kappa shape index (κ3) is 6.15. The molecule has 0 spiro atoms. The van der Waals surface area contributed by atoms with E-state index in [0.717, 1.165) is 13.0 Å². The van der Waals surface area contributed by atoms with Crippen molar-refractivity contribution >= 4 is 18.2 Å². The second-order valence-corrected chi connectivity index (χ2v) is 7.39. The first-order valence-corrected chi connectivity index (χ1v) is 9.71. The topological polar surface area (TPSA) is 29.1 Å². The minimum Gasteiger partial charge on any atom is -0.314 e. The quantitative estimate of drug-likeness (QED) is 0.476. The van der Waals surface area contributed by atoms with Crippen LogP contribution in [0.3, 0.4) is 0 Å². The van der Waals surface area contributed by atoms with E-state index in [4.69, 9.17) is 0 Å². The van der Waals surface area contributed by atoms with Gasteiger partial charge in [-0.25, -0.2) is 4.39 Å². The lowest BCUT2D eigenvalue weighted by molar-refractivity contribution is 0.0979. The number of carbonyl (C=O) groups excluding carboxylic acids is 1. The number of ketones is 1.